The standard InChI is InChI=1S/C38H48N6O4/c1-7-13-33(45)43(11-5)35(39-9-3)27-19-23-31(24-20-27)41-37(47)29-15-17-30(18-16-29)38(48)42-32-25-21-28(22-26-32)36(40-10-4)44(12-6)34(46)14-8-2/h15-26H,7-14H2,1-6H3,(H,41,47)(H,42,48). The molecular weight excluding hydrogens is 604 g/mol. The summed E-state index contributed by atoms with van der Waals surface area (Å²) in [5, 5.41) is 5.77. The number of anilines is 2. The number of hydrogen-bond acceptors (Lipinski definition) is 6. The van der Waals surface area contributed by atoms with E-state index < -0.39 is 0 Å². The second-order valence-electron chi connectivity index (χ2n) is 11.0. The van der Waals surface area contributed by atoms with Crippen molar-refractivity contribution >= 4 is 46.7 Å². The highest BCUT2D eigenvalue weighted by atomic mass is 16.2. The maximum Gasteiger partial charge on any atom is 0.255 e. The van der Waals surface area contributed by atoms with Gasteiger partial charge in [0.25, 0.3) is 11.8 Å². The average Bonchev–Trinajstić information content (AvgIpc) is 3.09. The number of rotatable bonds is 14. The summed E-state index contributed by atoms with van der Waals surface area (Å²) in [6.45, 7) is 13.8. The monoisotopic (exact) mass is 652 g/mol. The number of carbonyl (C=O) groups excluding carboxylic acids is 4. The maximum atomic E-state index is 13.0. The first kappa shape index (κ1) is 37.3. The van der Waals surface area contributed by atoms with Gasteiger partial charge >= 0.3 is 0 Å². The molecule has 0 aliphatic rings. The lowest BCUT2D eigenvalue weighted by atomic mass is 10.1. The molecule has 0 saturated heterocycles. The highest BCUT2D eigenvalue weighted by molar-refractivity contribution is 6.10. The fraction of sp³-hybridized carbons (Fsp3) is 0.368. The quantitative estimate of drug-likeness (QED) is 0.143. The van der Waals surface area contributed by atoms with Crippen molar-refractivity contribution in [2.24, 2.45) is 9.98 Å². The molecule has 0 aromatic heterocycles. The van der Waals surface area contributed by atoms with Crippen molar-refractivity contribution in [3.63, 3.8) is 0 Å². The fourth-order valence-corrected chi connectivity index (χ4v) is 5.14. The zero-order chi connectivity index (χ0) is 35.1. The third-order valence-corrected chi connectivity index (χ3v) is 7.50. The first-order valence-corrected chi connectivity index (χ1v) is 16.8. The van der Waals surface area contributed by atoms with E-state index in [1.165, 1.54) is 0 Å². The van der Waals surface area contributed by atoms with Crippen LogP contribution in [0.1, 0.15) is 99.1 Å². The van der Waals surface area contributed by atoms with Crippen LogP contribution in [0, 0.1) is 0 Å². The summed E-state index contributed by atoms with van der Waals surface area (Å²) in [6, 6.07) is 20.9. The summed E-state index contributed by atoms with van der Waals surface area (Å²) in [4.78, 5) is 63.8. The minimum atomic E-state index is -0.316. The molecule has 10 heteroatoms. The Bertz CT molecular complexity index is 1480. The molecule has 0 heterocycles. The molecule has 4 amide bonds. The van der Waals surface area contributed by atoms with Gasteiger partial charge in [-0.25, -0.2) is 0 Å². The van der Waals surface area contributed by atoms with Gasteiger partial charge in [0.15, 0.2) is 0 Å². The van der Waals surface area contributed by atoms with E-state index in [0.29, 0.717) is 73.2 Å². The first-order valence-electron chi connectivity index (χ1n) is 16.8. The minimum absolute atomic E-state index is 0.0333. The zero-order valence-corrected chi connectivity index (χ0v) is 29.0. The van der Waals surface area contributed by atoms with Gasteiger partial charge in [0.05, 0.1) is 0 Å². The van der Waals surface area contributed by atoms with Gasteiger partial charge in [-0.05, 0) is 113 Å². The number of amidine groups is 2. The minimum Gasteiger partial charge on any atom is -0.322 e. The summed E-state index contributed by atoms with van der Waals surface area (Å²) in [5.41, 5.74) is 3.58. The summed E-state index contributed by atoms with van der Waals surface area (Å²) in [7, 11) is 0. The number of nitrogens with one attached hydrogen (secondary N) is 2. The van der Waals surface area contributed by atoms with E-state index in [1.54, 1.807) is 58.3 Å². The lowest BCUT2D eigenvalue weighted by Crippen LogP contribution is -2.37. The Morgan fingerprint density at radius 3 is 1.08 bits per heavy atom. The van der Waals surface area contributed by atoms with Crippen LogP contribution in [0.15, 0.2) is 82.8 Å². The van der Waals surface area contributed by atoms with Crippen molar-refractivity contribution in [3.8, 4) is 0 Å². The number of benzene rings is 3. The molecular formula is C38H48N6O4. The largest absolute Gasteiger partial charge is 0.322 e. The number of nitrogens with zero attached hydrogens (tertiary/aromatic N) is 4. The Balaban J connectivity index is 1.65. The Kier molecular flexibility index (Phi) is 14.7. The Morgan fingerprint density at radius 1 is 0.500 bits per heavy atom. The molecule has 3 aromatic carbocycles. The predicted molar refractivity (Wildman–Crippen MR) is 194 cm³/mol. The van der Waals surface area contributed by atoms with Gasteiger partial charge in [-0.2, -0.15) is 0 Å². The third-order valence-electron chi connectivity index (χ3n) is 7.50. The first-order chi connectivity index (χ1) is 23.2. The topological polar surface area (TPSA) is 124 Å². The van der Waals surface area contributed by atoms with Crippen molar-refractivity contribution in [2.75, 3.05) is 36.8 Å². The van der Waals surface area contributed by atoms with Crippen molar-refractivity contribution in [2.45, 2.75) is 67.2 Å². The molecule has 10 nitrogen and oxygen atoms in total. The molecule has 2 N–H and O–H groups in total. The molecule has 0 aliphatic heterocycles. The van der Waals surface area contributed by atoms with E-state index >= 15 is 0 Å². The van der Waals surface area contributed by atoms with Crippen LogP contribution in [0.2, 0.25) is 0 Å². The number of carbonyl (C=O) groups is 4. The summed E-state index contributed by atoms with van der Waals surface area (Å²) >= 11 is 0. The van der Waals surface area contributed by atoms with Crippen molar-refractivity contribution < 1.29 is 19.2 Å². The number of amides is 4. The van der Waals surface area contributed by atoms with Crippen LogP contribution in [0.3, 0.4) is 0 Å². The van der Waals surface area contributed by atoms with Crippen LogP contribution in [-0.2, 0) is 9.59 Å². The lowest BCUT2D eigenvalue weighted by Gasteiger charge is -2.23. The summed E-state index contributed by atoms with van der Waals surface area (Å²) < 4.78 is 0. The third kappa shape index (κ3) is 9.94. The van der Waals surface area contributed by atoms with E-state index in [2.05, 4.69) is 20.6 Å². The Hall–Kier alpha value is -5.12. The molecule has 0 atom stereocenters. The molecule has 0 fully saturated rings. The van der Waals surface area contributed by atoms with E-state index in [-0.39, 0.29) is 23.6 Å². The van der Waals surface area contributed by atoms with Gasteiger partial charge < -0.3 is 10.6 Å². The average molecular weight is 653 g/mol. The van der Waals surface area contributed by atoms with Crippen LogP contribution >= 0.6 is 0 Å². The summed E-state index contributed by atoms with van der Waals surface area (Å²) in [5.74, 6) is 0.682. The van der Waals surface area contributed by atoms with Crippen LogP contribution in [0.25, 0.3) is 0 Å². The normalized spacial score (nSPS) is 11.5. The zero-order valence-electron chi connectivity index (χ0n) is 29.0. The van der Waals surface area contributed by atoms with Gasteiger partial charge in [0.2, 0.25) is 11.8 Å². The molecule has 0 spiro atoms. The Morgan fingerprint density at radius 2 is 0.812 bits per heavy atom. The van der Waals surface area contributed by atoms with E-state index in [0.717, 1.165) is 24.0 Å². The number of hydrogen-bond donors (Lipinski definition) is 2. The van der Waals surface area contributed by atoms with Gasteiger partial charge in [0, 0.05) is 72.6 Å². The molecule has 0 unspecified atom stereocenters. The van der Waals surface area contributed by atoms with Gasteiger partial charge in [-0.1, -0.05) is 13.8 Å². The van der Waals surface area contributed by atoms with Gasteiger partial charge in [-0.15, -0.1) is 0 Å². The molecule has 254 valence electrons. The molecule has 0 radical (unpaired) electrons. The second kappa shape index (κ2) is 18.9. The number of aliphatic imine (C=N–C) groups is 2. The molecule has 48 heavy (non-hydrogen) atoms. The maximum absolute atomic E-state index is 13.0. The highest BCUT2D eigenvalue weighted by Crippen LogP contribution is 2.18. The molecule has 3 aromatic rings. The molecule has 0 bridgehead atoms. The molecule has 0 saturated carbocycles. The van der Waals surface area contributed by atoms with E-state index in [1.807, 2.05) is 65.8 Å². The van der Waals surface area contributed by atoms with Crippen LogP contribution in [0.4, 0.5) is 11.4 Å². The Labute approximate surface area is 284 Å². The van der Waals surface area contributed by atoms with Crippen molar-refractivity contribution in [3.05, 3.63) is 95.1 Å². The fourth-order valence-electron chi connectivity index (χ4n) is 5.14. The van der Waals surface area contributed by atoms with Gasteiger partial charge in [0.1, 0.15) is 11.7 Å². The lowest BCUT2D eigenvalue weighted by molar-refractivity contribution is -0.128. The highest BCUT2D eigenvalue weighted by Gasteiger charge is 2.20. The predicted octanol–water partition coefficient (Wildman–Crippen LogP) is 7.02. The molecule has 0 aliphatic carbocycles. The van der Waals surface area contributed by atoms with Crippen LogP contribution in [0.5, 0.6) is 0 Å². The SMILES string of the molecule is CCCC(=O)N(CC)C(=NCC)c1ccc(NC(=O)c2ccc(C(=O)Nc3ccc(C(=NCC)N(CC)C(=O)CCC)cc3)cc2)cc1. The van der Waals surface area contributed by atoms with Gasteiger partial charge in [-0.3, -0.25) is 39.0 Å². The van der Waals surface area contributed by atoms with Crippen molar-refractivity contribution in [1.82, 2.24) is 9.80 Å². The summed E-state index contributed by atoms with van der Waals surface area (Å²) in [6.07, 6.45) is 2.43. The second-order valence-corrected chi connectivity index (χ2v) is 11.0. The molecule has 3 rings (SSSR count). The smallest absolute Gasteiger partial charge is 0.255 e. The van der Waals surface area contributed by atoms with E-state index in [4.69, 9.17) is 0 Å². The van der Waals surface area contributed by atoms with Crippen LogP contribution < -0.4 is 10.6 Å². The van der Waals surface area contributed by atoms with E-state index in [9.17, 15) is 19.2 Å². The van der Waals surface area contributed by atoms with Crippen LogP contribution in [-0.4, -0.2) is 71.3 Å². The van der Waals surface area contributed by atoms with Crippen molar-refractivity contribution in [1.29, 1.82) is 0 Å².